The molecular weight excluding hydrogens is 296 g/mol. The molecule has 0 atom stereocenters. The second kappa shape index (κ2) is 5.09. The van der Waals surface area contributed by atoms with E-state index in [2.05, 4.69) is 4.98 Å². The molecule has 0 spiro atoms. The van der Waals surface area contributed by atoms with E-state index >= 15 is 0 Å². The summed E-state index contributed by atoms with van der Waals surface area (Å²) in [7, 11) is 1.75. The van der Waals surface area contributed by atoms with Crippen LogP contribution in [-0.4, -0.2) is 9.55 Å². The van der Waals surface area contributed by atoms with Gasteiger partial charge >= 0.3 is 0 Å². The van der Waals surface area contributed by atoms with Crippen LogP contribution in [0.15, 0.2) is 30.3 Å². The van der Waals surface area contributed by atoms with Gasteiger partial charge in [-0.05, 0) is 29.8 Å². The smallest absolute Gasteiger partial charge is 0.143 e. The van der Waals surface area contributed by atoms with Crippen LogP contribution in [0.25, 0.3) is 22.4 Å². The molecule has 0 saturated heterocycles. The molecule has 3 rings (SSSR count). The van der Waals surface area contributed by atoms with Gasteiger partial charge in [0.2, 0.25) is 0 Å². The fourth-order valence-electron chi connectivity index (χ4n) is 2.30. The van der Waals surface area contributed by atoms with Gasteiger partial charge < -0.3 is 10.3 Å². The van der Waals surface area contributed by atoms with Crippen LogP contribution in [0.1, 0.15) is 5.56 Å². The van der Waals surface area contributed by atoms with Gasteiger partial charge in [-0.1, -0.05) is 17.7 Å². The average molecular weight is 308 g/mol. The summed E-state index contributed by atoms with van der Waals surface area (Å²) in [5.41, 5.74) is 8.14. The number of benzene rings is 2. The average Bonchev–Trinajstić information content (AvgIpc) is 2.79. The molecule has 0 amide bonds. The summed E-state index contributed by atoms with van der Waals surface area (Å²) in [6, 6.07) is 7.57. The number of fused-ring (bicyclic) bond motifs is 1. The number of hydrogen-bond acceptors (Lipinski definition) is 2. The summed E-state index contributed by atoms with van der Waals surface area (Å²) in [6.45, 7) is 0.403. The zero-order valence-electron chi connectivity index (χ0n) is 11.2. The van der Waals surface area contributed by atoms with E-state index in [9.17, 15) is 8.78 Å². The summed E-state index contributed by atoms with van der Waals surface area (Å²) in [5, 5.41) is -0.250. The van der Waals surface area contributed by atoms with E-state index in [-0.39, 0.29) is 10.6 Å². The Labute approximate surface area is 125 Å². The molecule has 0 aliphatic carbocycles. The van der Waals surface area contributed by atoms with E-state index in [0.717, 1.165) is 23.2 Å². The maximum absolute atomic E-state index is 14.0. The lowest BCUT2D eigenvalue weighted by Gasteiger charge is -2.05. The van der Waals surface area contributed by atoms with Crippen molar-refractivity contribution in [3.63, 3.8) is 0 Å². The van der Waals surface area contributed by atoms with Gasteiger partial charge in [-0.2, -0.15) is 0 Å². The molecule has 0 aliphatic heterocycles. The molecule has 6 heteroatoms. The van der Waals surface area contributed by atoms with Crippen LogP contribution in [0, 0.1) is 11.6 Å². The first kappa shape index (κ1) is 14.0. The molecule has 3 nitrogen and oxygen atoms in total. The third-order valence-electron chi connectivity index (χ3n) is 3.43. The molecule has 0 unspecified atom stereocenters. The van der Waals surface area contributed by atoms with Crippen LogP contribution in [0.2, 0.25) is 5.02 Å². The van der Waals surface area contributed by atoms with Crippen molar-refractivity contribution in [1.82, 2.24) is 9.55 Å². The number of halogens is 3. The topological polar surface area (TPSA) is 43.8 Å². The summed E-state index contributed by atoms with van der Waals surface area (Å²) in [4.78, 5) is 4.36. The first-order valence-corrected chi connectivity index (χ1v) is 6.69. The van der Waals surface area contributed by atoms with Crippen molar-refractivity contribution < 1.29 is 8.78 Å². The highest BCUT2D eigenvalue weighted by molar-refractivity contribution is 6.30. The highest BCUT2D eigenvalue weighted by Crippen LogP contribution is 2.29. The van der Waals surface area contributed by atoms with Crippen LogP contribution >= 0.6 is 11.6 Å². The molecule has 1 heterocycles. The van der Waals surface area contributed by atoms with Gasteiger partial charge in [-0.3, -0.25) is 0 Å². The Morgan fingerprint density at radius 2 is 1.95 bits per heavy atom. The minimum absolute atomic E-state index is 0.0740. The zero-order chi connectivity index (χ0) is 15.1. The normalized spacial score (nSPS) is 11.3. The lowest BCUT2D eigenvalue weighted by Crippen LogP contribution is -1.98. The first-order chi connectivity index (χ1) is 10.0. The minimum atomic E-state index is -0.678. The number of hydrogen-bond donors (Lipinski definition) is 1. The molecule has 2 N–H and O–H groups in total. The maximum Gasteiger partial charge on any atom is 0.143 e. The summed E-state index contributed by atoms with van der Waals surface area (Å²) >= 11 is 5.58. The standard InChI is InChI=1S/C15H12ClF2N3/c1-21-14-4-8(7-19)2-3-13(14)20-15(21)9-5-12(18)10(16)6-11(9)17/h2-6H,7,19H2,1H3. The third kappa shape index (κ3) is 2.28. The number of rotatable bonds is 2. The number of nitrogens with two attached hydrogens (primary N) is 1. The fourth-order valence-corrected chi connectivity index (χ4v) is 2.45. The predicted octanol–water partition coefficient (Wildman–Crippen LogP) is 3.63. The van der Waals surface area contributed by atoms with Crippen LogP contribution in [-0.2, 0) is 13.6 Å². The molecule has 3 aromatic rings. The number of aromatic nitrogens is 2. The Morgan fingerprint density at radius 1 is 1.19 bits per heavy atom. The lowest BCUT2D eigenvalue weighted by atomic mass is 10.2. The second-order valence-electron chi connectivity index (χ2n) is 4.77. The molecule has 21 heavy (non-hydrogen) atoms. The van der Waals surface area contributed by atoms with E-state index in [4.69, 9.17) is 17.3 Å². The molecule has 0 fully saturated rings. The van der Waals surface area contributed by atoms with Gasteiger partial charge in [0.25, 0.3) is 0 Å². The van der Waals surface area contributed by atoms with E-state index in [0.29, 0.717) is 17.9 Å². The van der Waals surface area contributed by atoms with Crippen molar-refractivity contribution >= 4 is 22.6 Å². The largest absolute Gasteiger partial charge is 0.327 e. The molecule has 0 saturated carbocycles. The highest BCUT2D eigenvalue weighted by atomic mass is 35.5. The van der Waals surface area contributed by atoms with E-state index < -0.39 is 11.6 Å². The van der Waals surface area contributed by atoms with Gasteiger partial charge in [-0.25, -0.2) is 13.8 Å². The Kier molecular flexibility index (Phi) is 3.39. The molecule has 2 aromatic carbocycles. The maximum atomic E-state index is 14.0. The lowest BCUT2D eigenvalue weighted by molar-refractivity contribution is 0.602. The number of nitrogens with zero attached hydrogens (tertiary/aromatic N) is 2. The molecule has 0 bridgehead atoms. The van der Waals surface area contributed by atoms with Crippen molar-refractivity contribution in [2.24, 2.45) is 12.8 Å². The third-order valence-corrected chi connectivity index (χ3v) is 3.72. The highest BCUT2D eigenvalue weighted by Gasteiger charge is 2.16. The Hall–Kier alpha value is -1.98. The van der Waals surface area contributed by atoms with Gasteiger partial charge in [-0.15, -0.1) is 0 Å². The summed E-state index contributed by atoms with van der Waals surface area (Å²) in [6.07, 6.45) is 0. The molecular formula is C15H12ClF2N3. The van der Waals surface area contributed by atoms with Crippen LogP contribution < -0.4 is 5.73 Å². The molecule has 108 valence electrons. The zero-order valence-corrected chi connectivity index (χ0v) is 12.0. The van der Waals surface area contributed by atoms with Gasteiger partial charge in [0.15, 0.2) is 0 Å². The SMILES string of the molecule is Cn1c(-c2cc(F)c(Cl)cc2F)nc2ccc(CN)cc21. The molecule has 0 aliphatic rings. The van der Waals surface area contributed by atoms with Crippen LogP contribution in [0.5, 0.6) is 0 Å². The van der Waals surface area contributed by atoms with E-state index in [1.807, 2.05) is 18.2 Å². The van der Waals surface area contributed by atoms with Crippen molar-refractivity contribution in [2.75, 3.05) is 0 Å². The van der Waals surface area contributed by atoms with Crippen molar-refractivity contribution in [3.05, 3.63) is 52.6 Å². The van der Waals surface area contributed by atoms with Gasteiger partial charge in [0.05, 0.1) is 21.6 Å². The van der Waals surface area contributed by atoms with Crippen molar-refractivity contribution in [1.29, 1.82) is 0 Å². The van der Waals surface area contributed by atoms with Crippen molar-refractivity contribution in [3.8, 4) is 11.4 Å². The van der Waals surface area contributed by atoms with Crippen LogP contribution in [0.3, 0.4) is 0 Å². The van der Waals surface area contributed by atoms with Gasteiger partial charge in [0, 0.05) is 13.6 Å². The quantitative estimate of drug-likeness (QED) is 0.735. The Morgan fingerprint density at radius 3 is 2.67 bits per heavy atom. The van der Waals surface area contributed by atoms with Gasteiger partial charge in [0.1, 0.15) is 17.5 Å². The summed E-state index contributed by atoms with van der Waals surface area (Å²) in [5.74, 6) is -0.950. The fraction of sp³-hybridized carbons (Fsp3) is 0.133. The monoisotopic (exact) mass is 307 g/mol. The summed E-state index contributed by atoms with van der Waals surface area (Å²) < 4.78 is 29.4. The second-order valence-corrected chi connectivity index (χ2v) is 5.17. The predicted molar refractivity (Wildman–Crippen MR) is 79.0 cm³/mol. The number of imidazole rings is 1. The van der Waals surface area contributed by atoms with E-state index in [1.165, 1.54) is 0 Å². The number of aryl methyl sites for hydroxylation is 1. The molecule has 1 aromatic heterocycles. The van der Waals surface area contributed by atoms with Crippen LogP contribution in [0.4, 0.5) is 8.78 Å². The van der Waals surface area contributed by atoms with Crippen molar-refractivity contribution in [2.45, 2.75) is 6.54 Å². The Bertz CT molecular complexity index is 843. The molecule has 0 radical (unpaired) electrons. The van der Waals surface area contributed by atoms with E-state index in [1.54, 1.807) is 11.6 Å². The first-order valence-electron chi connectivity index (χ1n) is 6.31. The Balaban J connectivity index is 2.26. The minimum Gasteiger partial charge on any atom is -0.327 e.